The lowest BCUT2D eigenvalue weighted by Crippen LogP contribution is -2.41. The molecule has 0 amide bonds. The highest BCUT2D eigenvalue weighted by molar-refractivity contribution is 14.0. The summed E-state index contributed by atoms with van der Waals surface area (Å²) in [7, 11) is 5.72. The molecule has 0 saturated heterocycles. The maximum atomic E-state index is 5.09. The number of thiazole rings is 1. The second-order valence-electron chi connectivity index (χ2n) is 6.86. The highest BCUT2D eigenvalue weighted by atomic mass is 127. The average Bonchev–Trinajstić information content (AvgIpc) is 3.06. The van der Waals surface area contributed by atoms with E-state index in [1.807, 2.05) is 18.4 Å². The van der Waals surface area contributed by atoms with Crippen LogP contribution >= 0.6 is 35.3 Å². The molecule has 0 aliphatic heterocycles. The van der Waals surface area contributed by atoms with Crippen molar-refractivity contribution in [2.75, 3.05) is 54.0 Å². The third-order valence-corrected chi connectivity index (χ3v) is 5.86. The summed E-state index contributed by atoms with van der Waals surface area (Å²) in [4.78, 5) is 13.0. The Balaban J connectivity index is 0.00000364. The molecule has 1 aromatic rings. The van der Waals surface area contributed by atoms with Crippen LogP contribution in [-0.2, 0) is 24.0 Å². The monoisotopic (exact) mass is 509 g/mol. The summed E-state index contributed by atoms with van der Waals surface area (Å²) in [6.07, 6.45) is 8.28. The normalized spacial score (nSPS) is 14.0. The highest BCUT2D eigenvalue weighted by Gasteiger charge is 2.14. The number of aryl methyl sites for hydroxylation is 3. The summed E-state index contributed by atoms with van der Waals surface area (Å²) < 4.78 is 5.09. The third-order valence-electron chi connectivity index (χ3n) is 4.65. The predicted molar refractivity (Wildman–Crippen MR) is 126 cm³/mol. The number of aromatic nitrogens is 1. The molecular formula is C19H36IN5OS. The molecule has 1 aromatic heterocycles. The molecule has 2 rings (SSSR count). The van der Waals surface area contributed by atoms with E-state index < -0.39 is 0 Å². The van der Waals surface area contributed by atoms with Gasteiger partial charge in [0.05, 0.1) is 10.7 Å². The van der Waals surface area contributed by atoms with Gasteiger partial charge in [-0.3, -0.25) is 4.99 Å². The van der Waals surface area contributed by atoms with Crippen molar-refractivity contribution in [3.63, 3.8) is 0 Å². The van der Waals surface area contributed by atoms with E-state index in [1.165, 1.54) is 41.3 Å². The number of rotatable bonds is 11. The van der Waals surface area contributed by atoms with Crippen LogP contribution in [0.15, 0.2) is 4.99 Å². The number of ether oxygens (including phenoxy) is 1. The van der Waals surface area contributed by atoms with Gasteiger partial charge in [0.15, 0.2) is 5.96 Å². The smallest absolute Gasteiger partial charge is 0.191 e. The Morgan fingerprint density at radius 3 is 2.70 bits per heavy atom. The largest absolute Gasteiger partial charge is 0.385 e. The number of nitrogens with one attached hydrogen (secondary N) is 2. The maximum Gasteiger partial charge on any atom is 0.191 e. The minimum absolute atomic E-state index is 0. The standard InChI is InChI=1S/C19H35N5OS.HI/c1-20-19(22-12-14-24(2)13-7-15-25-3)21-11-6-10-18-23-16-8-4-5-9-17(16)26-18;/h4-15H2,1-3H3,(H2,20,21,22);1H. The minimum Gasteiger partial charge on any atom is -0.385 e. The number of hydrogen-bond acceptors (Lipinski definition) is 5. The Bertz CT molecular complexity index is 529. The van der Waals surface area contributed by atoms with E-state index in [1.54, 1.807) is 7.11 Å². The number of methoxy groups -OCH3 is 1. The third kappa shape index (κ3) is 9.54. The molecule has 0 radical (unpaired) electrons. The van der Waals surface area contributed by atoms with Crippen molar-refractivity contribution in [3.8, 4) is 0 Å². The molecule has 0 unspecified atom stereocenters. The second kappa shape index (κ2) is 14.5. The second-order valence-corrected chi connectivity index (χ2v) is 8.03. The van der Waals surface area contributed by atoms with Crippen molar-refractivity contribution in [3.05, 3.63) is 15.6 Å². The molecule has 156 valence electrons. The van der Waals surface area contributed by atoms with E-state index in [-0.39, 0.29) is 24.0 Å². The molecule has 0 fully saturated rings. The quantitative estimate of drug-likeness (QED) is 0.208. The van der Waals surface area contributed by atoms with Crippen molar-refractivity contribution in [2.45, 2.75) is 44.9 Å². The van der Waals surface area contributed by atoms with Gasteiger partial charge >= 0.3 is 0 Å². The van der Waals surface area contributed by atoms with Gasteiger partial charge in [0, 0.05) is 58.2 Å². The number of halogens is 1. The Hall–Kier alpha value is -0.450. The lowest BCUT2D eigenvalue weighted by molar-refractivity contribution is 0.180. The van der Waals surface area contributed by atoms with Crippen LogP contribution in [0.2, 0.25) is 0 Å². The van der Waals surface area contributed by atoms with Crippen LogP contribution in [-0.4, -0.2) is 69.8 Å². The fraction of sp³-hybridized carbons (Fsp3) is 0.789. The van der Waals surface area contributed by atoms with Crippen LogP contribution in [0.4, 0.5) is 0 Å². The zero-order valence-electron chi connectivity index (χ0n) is 17.1. The molecular weight excluding hydrogens is 473 g/mol. The summed E-state index contributed by atoms with van der Waals surface area (Å²) in [6.45, 7) is 4.69. The number of hydrogen-bond donors (Lipinski definition) is 2. The summed E-state index contributed by atoms with van der Waals surface area (Å²) in [5, 5.41) is 8.09. The van der Waals surface area contributed by atoms with Gasteiger partial charge in [0.25, 0.3) is 0 Å². The molecule has 0 bridgehead atoms. The molecule has 8 heteroatoms. The molecule has 0 atom stereocenters. The van der Waals surface area contributed by atoms with E-state index >= 15 is 0 Å². The van der Waals surface area contributed by atoms with Gasteiger partial charge in [0.2, 0.25) is 0 Å². The number of nitrogens with zero attached hydrogens (tertiary/aromatic N) is 3. The molecule has 27 heavy (non-hydrogen) atoms. The van der Waals surface area contributed by atoms with E-state index in [2.05, 4.69) is 27.6 Å². The van der Waals surface area contributed by atoms with Crippen molar-refractivity contribution in [2.24, 2.45) is 4.99 Å². The van der Waals surface area contributed by atoms with Gasteiger partial charge in [-0.25, -0.2) is 4.98 Å². The lowest BCUT2D eigenvalue weighted by Gasteiger charge is -2.18. The van der Waals surface area contributed by atoms with Crippen LogP contribution in [0.3, 0.4) is 0 Å². The van der Waals surface area contributed by atoms with Crippen molar-refractivity contribution >= 4 is 41.3 Å². The summed E-state index contributed by atoms with van der Waals surface area (Å²) in [5.41, 5.74) is 1.37. The maximum absolute atomic E-state index is 5.09. The SMILES string of the molecule is CN=C(NCCCc1nc2c(s1)CCCC2)NCCN(C)CCCOC.I. The lowest BCUT2D eigenvalue weighted by atomic mass is 10.0. The fourth-order valence-electron chi connectivity index (χ4n) is 3.14. The molecule has 6 nitrogen and oxygen atoms in total. The van der Waals surface area contributed by atoms with Crippen LogP contribution in [0.5, 0.6) is 0 Å². The van der Waals surface area contributed by atoms with Crippen molar-refractivity contribution in [1.82, 2.24) is 20.5 Å². The van der Waals surface area contributed by atoms with Gasteiger partial charge < -0.3 is 20.3 Å². The predicted octanol–water partition coefficient (Wildman–Crippen LogP) is 2.71. The molecule has 1 aliphatic carbocycles. The van der Waals surface area contributed by atoms with Crippen molar-refractivity contribution < 1.29 is 4.74 Å². The highest BCUT2D eigenvalue weighted by Crippen LogP contribution is 2.27. The summed E-state index contributed by atoms with van der Waals surface area (Å²) >= 11 is 1.93. The molecule has 2 N–H and O–H groups in total. The Labute approximate surface area is 185 Å². The molecule has 0 spiro atoms. The molecule has 1 heterocycles. The number of aliphatic imine (C=N–C) groups is 1. The van der Waals surface area contributed by atoms with E-state index in [0.717, 1.165) is 58.0 Å². The van der Waals surface area contributed by atoms with Crippen LogP contribution < -0.4 is 10.6 Å². The average molecular weight is 510 g/mol. The first kappa shape index (κ1) is 24.6. The topological polar surface area (TPSA) is 61.8 Å². The van der Waals surface area contributed by atoms with Gasteiger partial charge in [-0.15, -0.1) is 35.3 Å². The molecule has 1 aliphatic rings. The Morgan fingerprint density at radius 1 is 1.19 bits per heavy atom. The molecule has 0 saturated carbocycles. The Morgan fingerprint density at radius 2 is 1.96 bits per heavy atom. The van der Waals surface area contributed by atoms with E-state index in [9.17, 15) is 0 Å². The summed E-state index contributed by atoms with van der Waals surface area (Å²) in [6, 6.07) is 0. The first-order chi connectivity index (χ1) is 12.7. The van der Waals surface area contributed by atoms with Gasteiger partial charge in [0.1, 0.15) is 0 Å². The first-order valence-corrected chi connectivity index (χ1v) is 10.6. The fourth-order valence-corrected chi connectivity index (χ4v) is 4.33. The van der Waals surface area contributed by atoms with Gasteiger partial charge in [-0.05, 0) is 45.6 Å². The van der Waals surface area contributed by atoms with Crippen LogP contribution in [0.1, 0.15) is 41.3 Å². The van der Waals surface area contributed by atoms with E-state index in [4.69, 9.17) is 9.72 Å². The Kier molecular flexibility index (Phi) is 13.2. The number of fused-ring (bicyclic) bond motifs is 1. The van der Waals surface area contributed by atoms with E-state index in [0.29, 0.717) is 0 Å². The minimum atomic E-state index is 0. The first-order valence-electron chi connectivity index (χ1n) is 9.82. The zero-order valence-corrected chi connectivity index (χ0v) is 20.2. The number of guanidine groups is 1. The van der Waals surface area contributed by atoms with Crippen molar-refractivity contribution in [1.29, 1.82) is 0 Å². The van der Waals surface area contributed by atoms with Gasteiger partial charge in [-0.2, -0.15) is 0 Å². The summed E-state index contributed by atoms with van der Waals surface area (Å²) in [5.74, 6) is 0.883. The van der Waals surface area contributed by atoms with Gasteiger partial charge in [-0.1, -0.05) is 0 Å². The zero-order chi connectivity index (χ0) is 18.6. The number of likely N-dealkylation sites (N-methyl/N-ethyl adjacent to an activating group) is 1. The van der Waals surface area contributed by atoms with Crippen LogP contribution in [0, 0.1) is 0 Å². The molecule has 0 aromatic carbocycles. The van der Waals surface area contributed by atoms with Crippen LogP contribution in [0.25, 0.3) is 0 Å².